The van der Waals surface area contributed by atoms with E-state index in [9.17, 15) is 9.59 Å². The van der Waals surface area contributed by atoms with Gasteiger partial charge in [0.25, 0.3) is 11.8 Å². The minimum atomic E-state index is -0.282. The van der Waals surface area contributed by atoms with Crippen molar-refractivity contribution in [2.75, 3.05) is 11.9 Å². The monoisotopic (exact) mass is 389 g/mol. The number of carbonyl (C=O) groups excluding carboxylic acids is 2. The lowest BCUT2D eigenvalue weighted by Gasteiger charge is -2.08. The van der Waals surface area contributed by atoms with Crippen LogP contribution in [0.3, 0.4) is 0 Å². The summed E-state index contributed by atoms with van der Waals surface area (Å²) < 4.78 is 0.922. The number of nitrogens with one attached hydrogen (secondary N) is 2. The van der Waals surface area contributed by atoms with Crippen LogP contribution in [-0.2, 0) is 0 Å². The van der Waals surface area contributed by atoms with Crippen molar-refractivity contribution in [1.29, 1.82) is 0 Å². The molecule has 0 saturated carbocycles. The standard InChI is InChI=1S/C18H20BrN3O2/c1-3-4-8-21-18(24)16-10-13(7-9-20-16)17(23)22-14-6-5-12(2)15(19)11-14/h5-7,9-11H,3-4,8H2,1-2H3,(H,21,24)(H,22,23). The first-order valence-electron chi connectivity index (χ1n) is 7.83. The Morgan fingerprint density at radius 2 is 1.96 bits per heavy atom. The Labute approximate surface area is 150 Å². The molecule has 5 nitrogen and oxygen atoms in total. The zero-order valence-corrected chi connectivity index (χ0v) is 15.3. The number of pyridine rings is 1. The Bertz CT molecular complexity index is 747. The van der Waals surface area contributed by atoms with Gasteiger partial charge < -0.3 is 10.6 Å². The highest BCUT2D eigenvalue weighted by Crippen LogP contribution is 2.21. The number of carbonyl (C=O) groups is 2. The van der Waals surface area contributed by atoms with E-state index in [0.717, 1.165) is 22.9 Å². The Morgan fingerprint density at radius 3 is 2.67 bits per heavy atom. The highest BCUT2D eigenvalue weighted by molar-refractivity contribution is 9.10. The highest BCUT2D eigenvalue weighted by Gasteiger charge is 2.12. The molecular formula is C18H20BrN3O2. The summed E-state index contributed by atoms with van der Waals surface area (Å²) in [4.78, 5) is 28.4. The fourth-order valence-corrected chi connectivity index (χ4v) is 2.42. The van der Waals surface area contributed by atoms with Crippen LogP contribution < -0.4 is 10.6 Å². The van der Waals surface area contributed by atoms with Crippen molar-refractivity contribution in [3.63, 3.8) is 0 Å². The van der Waals surface area contributed by atoms with Gasteiger partial charge in [0.15, 0.2) is 0 Å². The van der Waals surface area contributed by atoms with Crippen molar-refractivity contribution in [2.24, 2.45) is 0 Å². The molecule has 2 aromatic rings. The molecule has 0 aliphatic rings. The maximum absolute atomic E-state index is 12.4. The Morgan fingerprint density at radius 1 is 1.17 bits per heavy atom. The molecule has 0 atom stereocenters. The van der Waals surface area contributed by atoms with Crippen LogP contribution >= 0.6 is 15.9 Å². The Kier molecular flexibility index (Phi) is 6.49. The molecule has 0 saturated heterocycles. The third-order valence-electron chi connectivity index (χ3n) is 3.50. The van der Waals surface area contributed by atoms with E-state index < -0.39 is 0 Å². The van der Waals surface area contributed by atoms with Crippen molar-refractivity contribution < 1.29 is 9.59 Å². The topological polar surface area (TPSA) is 71.1 Å². The van der Waals surface area contributed by atoms with Crippen molar-refractivity contribution in [1.82, 2.24) is 10.3 Å². The number of halogens is 1. The summed E-state index contributed by atoms with van der Waals surface area (Å²) in [6.07, 6.45) is 3.38. The van der Waals surface area contributed by atoms with Crippen LogP contribution in [-0.4, -0.2) is 23.3 Å². The molecule has 0 unspecified atom stereocenters. The number of hydrogen-bond donors (Lipinski definition) is 2. The Hall–Kier alpha value is -2.21. The summed E-state index contributed by atoms with van der Waals surface area (Å²) in [5.41, 5.74) is 2.40. The quantitative estimate of drug-likeness (QED) is 0.735. The maximum Gasteiger partial charge on any atom is 0.269 e. The average Bonchev–Trinajstić information content (AvgIpc) is 2.58. The zero-order valence-electron chi connectivity index (χ0n) is 13.7. The predicted molar refractivity (Wildman–Crippen MR) is 98.3 cm³/mol. The van der Waals surface area contributed by atoms with Gasteiger partial charge >= 0.3 is 0 Å². The fraction of sp³-hybridized carbons (Fsp3) is 0.278. The lowest BCUT2D eigenvalue weighted by atomic mass is 10.2. The van der Waals surface area contributed by atoms with Gasteiger partial charge in [-0.25, -0.2) is 0 Å². The molecule has 2 N–H and O–H groups in total. The first-order chi connectivity index (χ1) is 11.5. The molecule has 0 aliphatic carbocycles. The molecule has 0 bridgehead atoms. The van der Waals surface area contributed by atoms with Crippen molar-refractivity contribution >= 4 is 33.4 Å². The van der Waals surface area contributed by atoms with Crippen LogP contribution in [0.15, 0.2) is 41.0 Å². The minimum Gasteiger partial charge on any atom is -0.351 e. The normalized spacial score (nSPS) is 10.3. The number of aryl methyl sites for hydroxylation is 1. The average molecular weight is 390 g/mol. The van der Waals surface area contributed by atoms with Gasteiger partial charge in [-0.3, -0.25) is 14.6 Å². The number of hydrogen-bond acceptors (Lipinski definition) is 3. The minimum absolute atomic E-state index is 0.240. The number of unbranched alkanes of at least 4 members (excludes halogenated alkanes) is 1. The van der Waals surface area contributed by atoms with Gasteiger partial charge in [-0.1, -0.05) is 35.3 Å². The molecule has 1 aromatic carbocycles. The molecule has 0 radical (unpaired) electrons. The molecule has 2 amide bonds. The maximum atomic E-state index is 12.4. The number of nitrogens with zero attached hydrogens (tertiary/aromatic N) is 1. The van der Waals surface area contributed by atoms with Crippen LogP contribution in [0.2, 0.25) is 0 Å². The molecule has 1 aromatic heterocycles. The van der Waals surface area contributed by atoms with Gasteiger partial charge in [0.1, 0.15) is 5.69 Å². The van der Waals surface area contributed by atoms with E-state index in [1.54, 1.807) is 6.07 Å². The summed E-state index contributed by atoms with van der Waals surface area (Å²) in [6, 6.07) is 8.67. The summed E-state index contributed by atoms with van der Waals surface area (Å²) >= 11 is 3.44. The van der Waals surface area contributed by atoms with Crippen LogP contribution in [0.1, 0.15) is 46.2 Å². The summed E-state index contributed by atoms with van der Waals surface area (Å²) in [6.45, 7) is 4.63. The van der Waals surface area contributed by atoms with E-state index in [2.05, 4.69) is 38.5 Å². The van der Waals surface area contributed by atoms with Crippen molar-refractivity contribution in [3.05, 3.63) is 57.8 Å². The molecule has 6 heteroatoms. The number of aromatic nitrogens is 1. The lowest BCUT2D eigenvalue weighted by Crippen LogP contribution is -2.25. The number of benzene rings is 1. The highest BCUT2D eigenvalue weighted by atomic mass is 79.9. The van der Waals surface area contributed by atoms with Gasteiger partial charge in [-0.05, 0) is 43.2 Å². The van der Waals surface area contributed by atoms with Crippen molar-refractivity contribution in [2.45, 2.75) is 26.7 Å². The number of amides is 2. The Balaban J connectivity index is 2.08. The van der Waals surface area contributed by atoms with Gasteiger partial charge in [0.05, 0.1) is 0 Å². The lowest BCUT2D eigenvalue weighted by molar-refractivity contribution is 0.0948. The van der Waals surface area contributed by atoms with E-state index in [-0.39, 0.29) is 17.5 Å². The van der Waals surface area contributed by atoms with E-state index in [0.29, 0.717) is 17.8 Å². The summed E-state index contributed by atoms with van der Waals surface area (Å²) in [7, 11) is 0. The second-order valence-electron chi connectivity index (χ2n) is 5.46. The molecule has 2 rings (SSSR count). The molecule has 0 fully saturated rings. The second-order valence-corrected chi connectivity index (χ2v) is 6.31. The first-order valence-corrected chi connectivity index (χ1v) is 8.62. The van der Waals surface area contributed by atoms with E-state index >= 15 is 0 Å². The SMILES string of the molecule is CCCCNC(=O)c1cc(C(=O)Nc2ccc(C)c(Br)c2)ccn1. The summed E-state index contributed by atoms with van der Waals surface area (Å²) in [5.74, 6) is -0.549. The molecular weight excluding hydrogens is 370 g/mol. The van der Waals surface area contributed by atoms with E-state index in [4.69, 9.17) is 0 Å². The van der Waals surface area contributed by atoms with Crippen LogP contribution in [0.25, 0.3) is 0 Å². The second kappa shape index (κ2) is 8.59. The first kappa shape index (κ1) is 18.1. The van der Waals surface area contributed by atoms with E-state index in [1.165, 1.54) is 12.3 Å². The van der Waals surface area contributed by atoms with Gasteiger partial charge in [-0.2, -0.15) is 0 Å². The third-order valence-corrected chi connectivity index (χ3v) is 4.35. The van der Waals surface area contributed by atoms with Gasteiger partial charge in [0.2, 0.25) is 0 Å². The molecule has 1 heterocycles. The largest absolute Gasteiger partial charge is 0.351 e. The number of rotatable bonds is 6. The van der Waals surface area contributed by atoms with Crippen LogP contribution in [0, 0.1) is 6.92 Å². The molecule has 0 spiro atoms. The fourth-order valence-electron chi connectivity index (χ4n) is 2.04. The zero-order chi connectivity index (χ0) is 17.5. The van der Waals surface area contributed by atoms with E-state index in [1.807, 2.05) is 25.1 Å². The smallest absolute Gasteiger partial charge is 0.269 e. The van der Waals surface area contributed by atoms with Crippen molar-refractivity contribution in [3.8, 4) is 0 Å². The third kappa shape index (κ3) is 4.89. The van der Waals surface area contributed by atoms with Gasteiger partial charge in [0, 0.05) is 28.5 Å². The summed E-state index contributed by atoms with van der Waals surface area (Å²) in [5, 5.41) is 5.61. The van der Waals surface area contributed by atoms with Crippen LogP contribution in [0.4, 0.5) is 5.69 Å². The predicted octanol–water partition coefficient (Wildman–Crippen LogP) is 3.93. The number of anilines is 1. The van der Waals surface area contributed by atoms with Gasteiger partial charge in [-0.15, -0.1) is 0 Å². The molecule has 126 valence electrons. The molecule has 0 aliphatic heterocycles. The molecule has 24 heavy (non-hydrogen) atoms. The van der Waals surface area contributed by atoms with Crippen LogP contribution in [0.5, 0.6) is 0 Å².